The van der Waals surface area contributed by atoms with Gasteiger partial charge in [0.25, 0.3) is 0 Å². The van der Waals surface area contributed by atoms with E-state index in [9.17, 15) is 0 Å². The quantitative estimate of drug-likeness (QED) is 0.297. The fourth-order valence-electron chi connectivity index (χ4n) is 2.37. The number of anilines is 2. The van der Waals surface area contributed by atoms with Crippen molar-refractivity contribution in [3.05, 3.63) is 48.5 Å². The second-order valence-corrected chi connectivity index (χ2v) is 6.25. The van der Waals surface area contributed by atoms with Crippen LogP contribution >= 0.6 is 0 Å². The van der Waals surface area contributed by atoms with Crippen LogP contribution in [0.15, 0.2) is 48.5 Å². The van der Waals surface area contributed by atoms with Crippen LogP contribution in [-0.4, -0.2) is 66.1 Å². The van der Waals surface area contributed by atoms with Gasteiger partial charge in [-0.1, -0.05) is 12.1 Å². The van der Waals surface area contributed by atoms with Gasteiger partial charge in [0.2, 0.25) is 0 Å². The lowest BCUT2D eigenvalue weighted by Gasteiger charge is -2.10. The van der Waals surface area contributed by atoms with E-state index in [0.717, 1.165) is 5.75 Å². The van der Waals surface area contributed by atoms with E-state index < -0.39 is 0 Å². The largest absolute Gasteiger partial charge is 0.491 e. The second kappa shape index (κ2) is 15.3. The first kappa shape index (κ1) is 23.8. The molecule has 2 aromatic rings. The number of benzene rings is 2. The third-order valence-corrected chi connectivity index (χ3v) is 3.90. The van der Waals surface area contributed by atoms with E-state index in [1.807, 2.05) is 30.3 Å². The van der Waals surface area contributed by atoms with Gasteiger partial charge in [0.1, 0.15) is 24.7 Å². The first-order valence-corrected chi connectivity index (χ1v) is 10.0. The maximum Gasteiger partial charge on any atom is 0.142 e. The molecule has 0 heterocycles. The molecule has 0 saturated carbocycles. The molecule has 0 aliphatic rings. The summed E-state index contributed by atoms with van der Waals surface area (Å²) < 4.78 is 32.8. The number of hydrogen-bond acceptors (Lipinski definition) is 8. The van der Waals surface area contributed by atoms with Gasteiger partial charge < -0.3 is 39.9 Å². The van der Waals surface area contributed by atoms with Crippen molar-refractivity contribution in [1.82, 2.24) is 0 Å². The molecule has 0 saturated heterocycles. The number of rotatable bonds is 17. The summed E-state index contributed by atoms with van der Waals surface area (Å²) in [6.45, 7) is 4.99. The van der Waals surface area contributed by atoms with Crippen LogP contribution in [-0.2, 0) is 18.9 Å². The summed E-state index contributed by atoms with van der Waals surface area (Å²) in [6.07, 6.45) is 0. The Bertz CT molecular complexity index is 684. The molecule has 0 aliphatic carbocycles. The summed E-state index contributed by atoms with van der Waals surface area (Å²) in [5, 5.41) is 0. The molecule has 8 heteroatoms. The smallest absolute Gasteiger partial charge is 0.142 e. The van der Waals surface area contributed by atoms with Crippen molar-refractivity contribution in [2.75, 3.05) is 77.5 Å². The molecule has 0 fully saturated rings. The van der Waals surface area contributed by atoms with Gasteiger partial charge in [-0.15, -0.1) is 0 Å². The number of nitrogen functional groups attached to an aromatic ring is 2. The van der Waals surface area contributed by atoms with Gasteiger partial charge in [-0.3, -0.25) is 0 Å². The highest BCUT2D eigenvalue weighted by Crippen LogP contribution is 2.19. The molecule has 0 radical (unpaired) electrons. The van der Waals surface area contributed by atoms with Crippen molar-refractivity contribution in [2.24, 2.45) is 0 Å². The fraction of sp³-hybridized carbons (Fsp3) is 0.455. The van der Waals surface area contributed by atoms with Gasteiger partial charge in [-0.2, -0.15) is 0 Å². The molecule has 0 unspecified atom stereocenters. The number of ether oxygens (including phenoxy) is 6. The van der Waals surface area contributed by atoms with Crippen molar-refractivity contribution < 1.29 is 28.4 Å². The summed E-state index contributed by atoms with van der Waals surface area (Å²) in [5.74, 6) is 1.45. The van der Waals surface area contributed by atoms with Gasteiger partial charge in [-0.05, 0) is 36.4 Å². The maximum atomic E-state index is 5.79. The van der Waals surface area contributed by atoms with Gasteiger partial charge in [0.05, 0.1) is 58.5 Å². The first-order valence-electron chi connectivity index (χ1n) is 10.0. The lowest BCUT2D eigenvalue weighted by Crippen LogP contribution is -2.14. The predicted molar refractivity (Wildman–Crippen MR) is 116 cm³/mol. The molecule has 0 aromatic heterocycles. The minimum atomic E-state index is 0.447. The molecular formula is C22H32N2O6. The average molecular weight is 421 g/mol. The summed E-state index contributed by atoms with van der Waals surface area (Å²) >= 11 is 0. The standard InChI is InChI=1S/C22H32N2O6/c23-19-5-7-20(8-6-19)29-17-15-27-13-11-25-9-10-26-12-14-28-16-18-30-22-4-2-1-3-21(22)24/h1-8H,9-18,23-24H2. The summed E-state index contributed by atoms with van der Waals surface area (Å²) in [6, 6.07) is 14.6. The van der Waals surface area contributed by atoms with E-state index >= 15 is 0 Å². The molecule has 0 bridgehead atoms. The van der Waals surface area contributed by atoms with Crippen molar-refractivity contribution >= 4 is 11.4 Å². The molecule has 2 rings (SSSR count). The van der Waals surface area contributed by atoms with Crippen LogP contribution in [0.3, 0.4) is 0 Å². The number of para-hydroxylation sites is 2. The Morgan fingerprint density at radius 2 is 0.967 bits per heavy atom. The van der Waals surface area contributed by atoms with E-state index in [1.54, 1.807) is 18.2 Å². The third-order valence-electron chi connectivity index (χ3n) is 3.90. The topological polar surface area (TPSA) is 107 Å². The van der Waals surface area contributed by atoms with Crippen LogP contribution in [0.4, 0.5) is 11.4 Å². The van der Waals surface area contributed by atoms with E-state index in [1.165, 1.54) is 0 Å². The normalized spacial score (nSPS) is 10.8. The van der Waals surface area contributed by atoms with Crippen LogP contribution in [0, 0.1) is 0 Å². The van der Waals surface area contributed by atoms with Crippen molar-refractivity contribution in [2.45, 2.75) is 0 Å². The van der Waals surface area contributed by atoms with E-state index in [4.69, 9.17) is 39.9 Å². The number of hydrogen-bond donors (Lipinski definition) is 2. The summed E-state index contributed by atoms with van der Waals surface area (Å²) in [4.78, 5) is 0. The average Bonchev–Trinajstić information content (AvgIpc) is 2.76. The fourth-order valence-corrected chi connectivity index (χ4v) is 2.37. The highest BCUT2D eigenvalue weighted by atomic mass is 16.6. The predicted octanol–water partition coefficient (Wildman–Crippen LogP) is 2.38. The molecule has 166 valence electrons. The zero-order valence-corrected chi connectivity index (χ0v) is 17.3. The van der Waals surface area contributed by atoms with Crippen molar-refractivity contribution in [3.8, 4) is 11.5 Å². The summed E-state index contributed by atoms with van der Waals surface area (Å²) in [7, 11) is 0. The monoisotopic (exact) mass is 420 g/mol. The molecule has 0 aliphatic heterocycles. The van der Waals surface area contributed by atoms with Crippen LogP contribution in [0.25, 0.3) is 0 Å². The maximum absolute atomic E-state index is 5.79. The minimum absolute atomic E-state index is 0.447. The lowest BCUT2D eigenvalue weighted by atomic mass is 10.3. The Morgan fingerprint density at radius 1 is 0.500 bits per heavy atom. The molecule has 30 heavy (non-hydrogen) atoms. The Kier molecular flexibility index (Phi) is 12.1. The molecule has 0 atom stereocenters. The Hall–Kier alpha value is -2.52. The molecular weight excluding hydrogens is 388 g/mol. The molecule has 2 aromatic carbocycles. The highest BCUT2D eigenvalue weighted by Gasteiger charge is 1.98. The summed E-state index contributed by atoms with van der Waals surface area (Å²) in [5.41, 5.74) is 12.7. The van der Waals surface area contributed by atoms with Crippen LogP contribution in [0.1, 0.15) is 0 Å². The molecule has 0 amide bonds. The van der Waals surface area contributed by atoms with Crippen LogP contribution in [0.2, 0.25) is 0 Å². The lowest BCUT2D eigenvalue weighted by molar-refractivity contribution is -0.00697. The van der Waals surface area contributed by atoms with Gasteiger partial charge in [-0.25, -0.2) is 0 Å². The Labute approximate surface area is 177 Å². The van der Waals surface area contributed by atoms with Crippen LogP contribution < -0.4 is 20.9 Å². The van der Waals surface area contributed by atoms with E-state index in [0.29, 0.717) is 83.2 Å². The SMILES string of the molecule is Nc1ccc(OCCOCCOCCOCCOCCOc2ccccc2N)cc1. The van der Waals surface area contributed by atoms with Gasteiger partial charge in [0, 0.05) is 5.69 Å². The minimum Gasteiger partial charge on any atom is -0.491 e. The third kappa shape index (κ3) is 10.9. The number of nitrogens with two attached hydrogens (primary N) is 2. The van der Waals surface area contributed by atoms with E-state index in [-0.39, 0.29) is 0 Å². The molecule has 4 N–H and O–H groups in total. The van der Waals surface area contributed by atoms with Gasteiger partial charge in [0.15, 0.2) is 0 Å². The molecule has 8 nitrogen and oxygen atoms in total. The van der Waals surface area contributed by atoms with Crippen molar-refractivity contribution in [3.63, 3.8) is 0 Å². The Morgan fingerprint density at radius 3 is 1.50 bits per heavy atom. The van der Waals surface area contributed by atoms with Crippen molar-refractivity contribution in [1.29, 1.82) is 0 Å². The first-order chi connectivity index (χ1) is 14.8. The van der Waals surface area contributed by atoms with Crippen LogP contribution in [0.5, 0.6) is 11.5 Å². The second-order valence-electron chi connectivity index (χ2n) is 6.25. The highest BCUT2D eigenvalue weighted by molar-refractivity contribution is 5.51. The van der Waals surface area contributed by atoms with Gasteiger partial charge >= 0.3 is 0 Å². The zero-order valence-electron chi connectivity index (χ0n) is 17.3. The molecule has 0 spiro atoms. The van der Waals surface area contributed by atoms with E-state index in [2.05, 4.69) is 0 Å². The zero-order chi connectivity index (χ0) is 21.3. The Balaban J connectivity index is 1.28.